The molecule has 11 heteroatoms. The number of hydrogen-bond donors (Lipinski definition) is 1. The van der Waals surface area contributed by atoms with Crippen LogP contribution in [0.15, 0.2) is 71.6 Å². The maximum Gasteiger partial charge on any atom is 0.264 e. The molecule has 10 nitrogen and oxygen atoms in total. The zero-order chi connectivity index (χ0) is 32.3. The SMILES string of the molecule is CCCCNC(=O)[C@@H](CC)N(Cc1ccc(OC)cc1)C(=O)CN(c1ccc(OC)c(OC)c1)S(=O)(=O)c1ccc(C)cc1. The van der Waals surface area contributed by atoms with Crippen molar-refractivity contribution < 1.29 is 32.2 Å². The molecule has 1 atom stereocenters. The smallest absolute Gasteiger partial charge is 0.264 e. The standard InChI is InChI=1S/C33H43N3O7S/c1-7-9-20-34-33(38)29(8-2)35(22-25-12-15-27(41-4)16-13-25)32(37)23-36(26-14-19-30(42-5)31(21-26)43-6)44(39,40)28-17-10-24(3)11-18-28/h10-19,21,29H,7-9,20,22-23H2,1-6H3,(H,34,38)/t29-/m1/s1. The molecule has 0 aliphatic rings. The van der Waals surface area contributed by atoms with Crippen molar-refractivity contribution in [2.75, 3.05) is 38.7 Å². The second-order valence-electron chi connectivity index (χ2n) is 10.3. The van der Waals surface area contributed by atoms with Crippen molar-refractivity contribution in [2.24, 2.45) is 0 Å². The van der Waals surface area contributed by atoms with Crippen molar-refractivity contribution in [3.8, 4) is 17.2 Å². The van der Waals surface area contributed by atoms with Crippen LogP contribution in [0.25, 0.3) is 0 Å². The molecule has 3 aromatic carbocycles. The highest BCUT2D eigenvalue weighted by Crippen LogP contribution is 2.34. The molecule has 0 unspecified atom stereocenters. The Labute approximate surface area is 261 Å². The molecular weight excluding hydrogens is 582 g/mol. The zero-order valence-corrected chi connectivity index (χ0v) is 27.1. The van der Waals surface area contributed by atoms with Crippen molar-refractivity contribution in [1.29, 1.82) is 0 Å². The molecule has 0 aliphatic carbocycles. The van der Waals surface area contributed by atoms with Gasteiger partial charge in [0.15, 0.2) is 11.5 Å². The Hall–Kier alpha value is -4.25. The van der Waals surface area contributed by atoms with Gasteiger partial charge in [0, 0.05) is 19.2 Å². The Kier molecular flexibility index (Phi) is 12.5. The summed E-state index contributed by atoms with van der Waals surface area (Å²) < 4.78 is 45.3. The summed E-state index contributed by atoms with van der Waals surface area (Å²) in [6, 6.07) is 17.4. The first kappa shape index (κ1) is 34.2. The van der Waals surface area contributed by atoms with Crippen LogP contribution in [-0.2, 0) is 26.2 Å². The number of carbonyl (C=O) groups is 2. The fraction of sp³-hybridized carbons (Fsp3) is 0.394. The third-order valence-electron chi connectivity index (χ3n) is 7.27. The summed E-state index contributed by atoms with van der Waals surface area (Å²) in [7, 11) is 0.273. The number of aryl methyl sites for hydroxylation is 1. The topological polar surface area (TPSA) is 114 Å². The Morgan fingerprint density at radius 3 is 2.09 bits per heavy atom. The number of amides is 2. The van der Waals surface area contributed by atoms with Crippen LogP contribution < -0.4 is 23.8 Å². The van der Waals surface area contributed by atoms with E-state index in [0.717, 1.165) is 28.3 Å². The van der Waals surface area contributed by atoms with Crippen molar-refractivity contribution in [3.05, 3.63) is 77.9 Å². The van der Waals surface area contributed by atoms with Gasteiger partial charge in [0.25, 0.3) is 10.0 Å². The third-order valence-corrected chi connectivity index (χ3v) is 9.06. The lowest BCUT2D eigenvalue weighted by Crippen LogP contribution is -2.52. The molecule has 0 radical (unpaired) electrons. The molecule has 0 fully saturated rings. The molecule has 0 saturated carbocycles. The number of hydrogen-bond acceptors (Lipinski definition) is 7. The number of ether oxygens (including phenoxy) is 3. The Bertz CT molecular complexity index is 1490. The van der Waals surface area contributed by atoms with Gasteiger partial charge in [0.2, 0.25) is 11.8 Å². The number of rotatable bonds is 16. The normalized spacial score (nSPS) is 11.8. The summed E-state index contributed by atoms with van der Waals surface area (Å²) in [6.07, 6.45) is 2.04. The molecule has 1 N–H and O–H groups in total. The van der Waals surface area contributed by atoms with Crippen LogP contribution in [0.5, 0.6) is 17.2 Å². The van der Waals surface area contributed by atoms with Gasteiger partial charge in [-0.25, -0.2) is 8.42 Å². The highest BCUT2D eigenvalue weighted by molar-refractivity contribution is 7.92. The van der Waals surface area contributed by atoms with Crippen LogP contribution in [0, 0.1) is 6.92 Å². The van der Waals surface area contributed by atoms with Crippen molar-refractivity contribution in [1.82, 2.24) is 10.2 Å². The third kappa shape index (κ3) is 8.43. The molecular formula is C33H43N3O7S. The monoisotopic (exact) mass is 625 g/mol. The maximum atomic E-state index is 14.3. The van der Waals surface area contributed by atoms with Gasteiger partial charge in [0.05, 0.1) is 31.9 Å². The van der Waals surface area contributed by atoms with E-state index >= 15 is 0 Å². The van der Waals surface area contributed by atoms with Crippen molar-refractivity contribution >= 4 is 27.5 Å². The summed E-state index contributed by atoms with van der Waals surface area (Å²) in [5.74, 6) is 0.537. The van der Waals surface area contributed by atoms with Crippen LogP contribution in [-0.4, -0.2) is 65.6 Å². The first-order chi connectivity index (χ1) is 21.1. The largest absolute Gasteiger partial charge is 0.497 e. The number of nitrogens with zero attached hydrogens (tertiary/aromatic N) is 2. The Morgan fingerprint density at radius 2 is 1.52 bits per heavy atom. The quantitative estimate of drug-likeness (QED) is 0.224. The summed E-state index contributed by atoms with van der Waals surface area (Å²) in [5, 5.41) is 2.93. The highest BCUT2D eigenvalue weighted by atomic mass is 32.2. The lowest BCUT2D eigenvalue weighted by atomic mass is 10.1. The minimum atomic E-state index is -4.22. The van der Waals surface area contributed by atoms with Gasteiger partial charge in [-0.2, -0.15) is 0 Å². The average Bonchev–Trinajstić information content (AvgIpc) is 3.03. The van der Waals surface area contributed by atoms with Crippen molar-refractivity contribution in [3.63, 3.8) is 0 Å². The summed E-state index contributed by atoms with van der Waals surface area (Å²) in [6.45, 7) is 5.73. The second kappa shape index (κ2) is 16.0. The summed E-state index contributed by atoms with van der Waals surface area (Å²) in [5.41, 5.74) is 1.86. The van der Waals surface area contributed by atoms with E-state index in [1.807, 2.05) is 32.9 Å². The molecule has 0 aromatic heterocycles. The first-order valence-electron chi connectivity index (χ1n) is 14.6. The Balaban J connectivity index is 2.09. The highest BCUT2D eigenvalue weighted by Gasteiger charge is 2.34. The van der Waals surface area contributed by atoms with Gasteiger partial charge >= 0.3 is 0 Å². The van der Waals surface area contributed by atoms with Gasteiger partial charge in [-0.3, -0.25) is 13.9 Å². The van der Waals surface area contributed by atoms with Crippen molar-refractivity contribution in [2.45, 2.75) is 57.5 Å². The predicted molar refractivity (Wildman–Crippen MR) is 171 cm³/mol. The van der Waals surface area contributed by atoms with E-state index in [1.165, 1.54) is 37.3 Å². The van der Waals surface area contributed by atoms with Crippen LogP contribution in [0.3, 0.4) is 0 Å². The molecule has 0 bridgehead atoms. The number of methoxy groups -OCH3 is 3. The lowest BCUT2D eigenvalue weighted by Gasteiger charge is -2.33. The minimum absolute atomic E-state index is 0.0248. The van der Waals surface area contributed by atoms with Gasteiger partial charge in [-0.1, -0.05) is 50.1 Å². The van der Waals surface area contributed by atoms with Gasteiger partial charge < -0.3 is 24.4 Å². The maximum absolute atomic E-state index is 14.3. The molecule has 2 amide bonds. The number of benzene rings is 3. The molecule has 3 aromatic rings. The fourth-order valence-electron chi connectivity index (χ4n) is 4.70. The van der Waals surface area contributed by atoms with E-state index in [2.05, 4.69) is 5.32 Å². The van der Waals surface area contributed by atoms with Gasteiger partial charge in [-0.15, -0.1) is 0 Å². The number of sulfonamides is 1. The number of unbranched alkanes of at least 4 members (excludes halogenated alkanes) is 1. The molecule has 0 aliphatic heterocycles. The summed E-state index contributed by atoms with van der Waals surface area (Å²) in [4.78, 5) is 29.1. The Morgan fingerprint density at radius 1 is 0.864 bits per heavy atom. The first-order valence-corrected chi connectivity index (χ1v) is 16.0. The minimum Gasteiger partial charge on any atom is -0.497 e. The predicted octanol–water partition coefficient (Wildman–Crippen LogP) is 4.94. The van der Waals surface area contributed by atoms with E-state index in [-0.39, 0.29) is 23.0 Å². The molecule has 3 rings (SSSR count). The van der Waals surface area contributed by atoms with E-state index in [4.69, 9.17) is 14.2 Å². The van der Waals surface area contributed by atoms with E-state index in [1.54, 1.807) is 43.5 Å². The summed E-state index contributed by atoms with van der Waals surface area (Å²) >= 11 is 0. The van der Waals surface area contributed by atoms with Crippen LogP contribution in [0.4, 0.5) is 5.69 Å². The molecule has 0 heterocycles. The fourth-order valence-corrected chi connectivity index (χ4v) is 6.11. The number of nitrogens with one attached hydrogen (secondary N) is 1. The molecule has 238 valence electrons. The van der Waals surface area contributed by atoms with Gasteiger partial charge in [-0.05, 0) is 61.7 Å². The van der Waals surface area contributed by atoms with Crippen LogP contribution in [0.2, 0.25) is 0 Å². The molecule has 44 heavy (non-hydrogen) atoms. The van der Waals surface area contributed by atoms with Crippen LogP contribution >= 0.6 is 0 Å². The second-order valence-corrected chi connectivity index (χ2v) is 12.2. The lowest BCUT2D eigenvalue weighted by molar-refractivity contribution is -0.140. The van der Waals surface area contributed by atoms with Gasteiger partial charge in [0.1, 0.15) is 18.3 Å². The van der Waals surface area contributed by atoms with Crippen LogP contribution in [0.1, 0.15) is 44.2 Å². The molecule has 0 saturated heterocycles. The number of anilines is 1. The zero-order valence-electron chi connectivity index (χ0n) is 26.3. The van der Waals surface area contributed by atoms with E-state index in [9.17, 15) is 18.0 Å². The number of carbonyl (C=O) groups excluding carboxylic acids is 2. The van der Waals surface area contributed by atoms with E-state index in [0.29, 0.717) is 30.2 Å². The van der Waals surface area contributed by atoms with E-state index < -0.39 is 28.5 Å². The average molecular weight is 626 g/mol. The molecule has 0 spiro atoms.